The molecule has 0 saturated carbocycles. The molecule has 2 aromatic carbocycles. The van der Waals surface area contributed by atoms with Crippen LogP contribution in [-0.4, -0.2) is 28.5 Å². The Morgan fingerprint density at radius 3 is 2.38 bits per heavy atom. The van der Waals surface area contributed by atoms with Gasteiger partial charge in [-0.2, -0.15) is 0 Å². The minimum atomic E-state index is -2.01. The third kappa shape index (κ3) is 2.15. The molecule has 0 aliphatic carbocycles. The quantitative estimate of drug-likeness (QED) is 0.777. The first-order valence-electron chi connectivity index (χ1n) is 6.57. The summed E-state index contributed by atoms with van der Waals surface area (Å²) in [5.41, 5.74) is 0.785. The van der Waals surface area contributed by atoms with E-state index in [9.17, 15) is 15.3 Å². The van der Waals surface area contributed by atoms with E-state index in [1.807, 2.05) is 0 Å². The van der Waals surface area contributed by atoms with Crippen LogP contribution >= 0.6 is 0 Å². The highest BCUT2D eigenvalue weighted by Gasteiger charge is 2.49. The van der Waals surface area contributed by atoms with E-state index in [-0.39, 0.29) is 0 Å². The first-order chi connectivity index (χ1) is 10.1. The van der Waals surface area contributed by atoms with E-state index in [4.69, 9.17) is 9.47 Å². The van der Waals surface area contributed by atoms with Gasteiger partial charge in [-0.3, -0.25) is 0 Å². The summed E-state index contributed by atoms with van der Waals surface area (Å²) in [6, 6.07) is 13.2. The van der Waals surface area contributed by atoms with Crippen molar-refractivity contribution < 1.29 is 24.8 Å². The number of para-hydroxylation sites is 1. The normalized spacial score (nSPS) is 27.6. The molecule has 1 heterocycles. The fraction of sp³-hybridized carbons (Fsp3) is 0.250. The molecule has 2 aromatic rings. The third-order valence-corrected chi connectivity index (χ3v) is 3.71. The average molecular weight is 288 g/mol. The van der Waals surface area contributed by atoms with Crippen molar-refractivity contribution in [1.29, 1.82) is 0 Å². The number of fused-ring (bicyclic) bond motifs is 1. The minimum Gasteiger partial charge on any atom is -0.497 e. The molecule has 3 unspecified atom stereocenters. The fourth-order valence-corrected chi connectivity index (χ4v) is 2.49. The van der Waals surface area contributed by atoms with Gasteiger partial charge in [0.15, 0.2) is 6.10 Å². The molecule has 3 N–H and O–H groups in total. The standard InChI is InChI=1S/C16H16O5/c1-20-11-8-6-10(7-9-11)16(19)15(18)14(17)12-4-2-3-5-13(12)21-16/h2-9,14-15,17-19H,1H3. The lowest BCUT2D eigenvalue weighted by molar-refractivity contribution is -0.252. The van der Waals surface area contributed by atoms with E-state index in [1.165, 1.54) is 7.11 Å². The first kappa shape index (κ1) is 13.9. The largest absolute Gasteiger partial charge is 0.497 e. The summed E-state index contributed by atoms with van der Waals surface area (Å²) < 4.78 is 10.6. The zero-order valence-corrected chi connectivity index (χ0v) is 11.4. The van der Waals surface area contributed by atoms with Gasteiger partial charge in [0.25, 0.3) is 5.79 Å². The molecule has 110 valence electrons. The molecule has 0 radical (unpaired) electrons. The SMILES string of the molecule is COc1ccc(C2(O)Oc3ccccc3C(O)C2O)cc1. The van der Waals surface area contributed by atoms with Crippen molar-refractivity contribution in [3.8, 4) is 11.5 Å². The van der Waals surface area contributed by atoms with Crippen molar-refractivity contribution in [1.82, 2.24) is 0 Å². The van der Waals surface area contributed by atoms with Crippen LogP contribution in [-0.2, 0) is 5.79 Å². The maximum Gasteiger partial charge on any atom is 0.264 e. The Bertz CT molecular complexity index is 639. The summed E-state index contributed by atoms with van der Waals surface area (Å²) in [5.74, 6) is -1.05. The monoisotopic (exact) mass is 288 g/mol. The Balaban J connectivity index is 2.04. The molecule has 0 spiro atoms. The molecule has 5 heteroatoms. The molecule has 0 bridgehead atoms. The highest BCUT2D eigenvalue weighted by atomic mass is 16.6. The van der Waals surface area contributed by atoms with Gasteiger partial charge in [-0.05, 0) is 30.3 Å². The second-order valence-electron chi connectivity index (χ2n) is 4.95. The van der Waals surface area contributed by atoms with Crippen LogP contribution < -0.4 is 9.47 Å². The summed E-state index contributed by atoms with van der Waals surface area (Å²) in [6.45, 7) is 0. The molecular weight excluding hydrogens is 272 g/mol. The van der Waals surface area contributed by atoms with Crippen LogP contribution in [0.3, 0.4) is 0 Å². The van der Waals surface area contributed by atoms with Crippen LogP contribution in [0.5, 0.6) is 11.5 Å². The molecular formula is C16H16O5. The van der Waals surface area contributed by atoms with Crippen LogP contribution in [0.15, 0.2) is 48.5 Å². The number of rotatable bonds is 2. The van der Waals surface area contributed by atoms with E-state index in [0.29, 0.717) is 22.6 Å². The van der Waals surface area contributed by atoms with Crippen molar-refractivity contribution in [3.63, 3.8) is 0 Å². The number of hydrogen-bond acceptors (Lipinski definition) is 5. The molecule has 1 aliphatic heterocycles. The molecule has 0 saturated heterocycles. The predicted molar refractivity (Wildman–Crippen MR) is 74.9 cm³/mol. The number of aliphatic hydroxyl groups is 3. The summed E-state index contributed by atoms with van der Waals surface area (Å²) in [6.07, 6.45) is -2.73. The Labute approximate surface area is 122 Å². The number of methoxy groups -OCH3 is 1. The van der Waals surface area contributed by atoms with E-state index >= 15 is 0 Å². The van der Waals surface area contributed by atoms with Crippen molar-refractivity contribution in [2.45, 2.75) is 18.0 Å². The van der Waals surface area contributed by atoms with E-state index in [0.717, 1.165) is 0 Å². The molecule has 0 fully saturated rings. The van der Waals surface area contributed by atoms with Gasteiger partial charge in [-0.15, -0.1) is 0 Å². The van der Waals surface area contributed by atoms with Crippen LogP contribution in [0.4, 0.5) is 0 Å². The summed E-state index contributed by atoms with van der Waals surface area (Å²) in [5, 5.41) is 31.2. The molecule has 1 aliphatic rings. The van der Waals surface area contributed by atoms with Crippen LogP contribution in [0.25, 0.3) is 0 Å². The van der Waals surface area contributed by atoms with Gasteiger partial charge in [0, 0.05) is 11.1 Å². The maximum absolute atomic E-state index is 10.7. The fourth-order valence-electron chi connectivity index (χ4n) is 2.49. The Hall–Kier alpha value is -2.08. The highest BCUT2D eigenvalue weighted by molar-refractivity contribution is 5.41. The number of benzene rings is 2. The van der Waals surface area contributed by atoms with Gasteiger partial charge < -0.3 is 24.8 Å². The van der Waals surface area contributed by atoms with E-state index < -0.39 is 18.0 Å². The average Bonchev–Trinajstić information content (AvgIpc) is 2.53. The Morgan fingerprint density at radius 1 is 1.05 bits per heavy atom. The van der Waals surface area contributed by atoms with Gasteiger partial charge in [0.05, 0.1) is 7.11 Å². The number of ether oxygens (including phenoxy) is 2. The third-order valence-electron chi connectivity index (χ3n) is 3.71. The van der Waals surface area contributed by atoms with Gasteiger partial charge >= 0.3 is 0 Å². The van der Waals surface area contributed by atoms with Crippen LogP contribution in [0.2, 0.25) is 0 Å². The van der Waals surface area contributed by atoms with Gasteiger partial charge in [-0.1, -0.05) is 18.2 Å². The van der Waals surface area contributed by atoms with Crippen LogP contribution in [0, 0.1) is 0 Å². The van der Waals surface area contributed by atoms with Crippen molar-refractivity contribution in [2.24, 2.45) is 0 Å². The van der Waals surface area contributed by atoms with Crippen molar-refractivity contribution in [2.75, 3.05) is 7.11 Å². The summed E-state index contributed by atoms with van der Waals surface area (Å²) in [7, 11) is 1.54. The van der Waals surface area contributed by atoms with Crippen molar-refractivity contribution >= 4 is 0 Å². The summed E-state index contributed by atoms with van der Waals surface area (Å²) >= 11 is 0. The highest BCUT2D eigenvalue weighted by Crippen LogP contribution is 2.43. The molecule has 5 nitrogen and oxygen atoms in total. The molecule has 21 heavy (non-hydrogen) atoms. The topological polar surface area (TPSA) is 79.2 Å². The Kier molecular flexibility index (Phi) is 3.33. The molecule has 0 amide bonds. The van der Waals surface area contributed by atoms with E-state index in [2.05, 4.69) is 0 Å². The molecule has 0 aromatic heterocycles. The van der Waals surface area contributed by atoms with Gasteiger partial charge in [-0.25, -0.2) is 0 Å². The predicted octanol–water partition coefficient (Wildman–Crippen LogP) is 1.33. The lowest BCUT2D eigenvalue weighted by Gasteiger charge is -2.40. The van der Waals surface area contributed by atoms with Crippen molar-refractivity contribution in [3.05, 3.63) is 59.7 Å². The zero-order chi connectivity index (χ0) is 15.0. The van der Waals surface area contributed by atoms with Gasteiger partial charge in [0.2, 0.25) is 0 Å². The second kappa shape index (κ2) is 5.04. The lowest BCUT2D eigenvalue weighted by Crippen LogP contribution is -2.50. The molecule has 3 rings (SSSR count). The first-order valence-corrected chi connectivity index (χ1v) is 6.57. The van der Waals surface area contributed by atoms with Gasteiger partial charge in [0.1, 0.15) is 17.6 Å². The summed E-state index contributed by atoms with van der Waals surface area (Å²) in [4.78, 5) is 0. The van der Waals surface area contributed by atoms with Crippen LogP contribution in [0.1, 0.15) is 17.2 Å². The lowest BCUT2D eigenvalue weighted by atomic mass is 9.89. The Morgan fingerprint density at radius 2 is 1.71 bits per heavy atom. The number of aliphatic hydroxyl groups excluding tert-OH is 2. The minimum absolute atomic E-state index is 0.337. The maximum atomic E-state index is 10.7. The number of hydrogen-bond donors (Lipinski definition) is 3. The van der Waals surface area contributed by atoms with E-state index in [1.54, 1.807) is 48.5 Å². The zero-order valence-electron chi connectivity index (χ0n) is 11.4. The second-order valence-corrected chi connectivity index (χ2v) is 4.95. The smallest absolute Gasteiger partial charge is 0.264 e. The molecule has 3 atom stereocenters.